The van der Waals surface area contributed by atoms with E-state index in [1.165, 1.54) is 24.0 Å². The minimum atomic E-state index is 0.581. The molecule has 3 rings (SSSR count). The SMILES string of the molecule is NCc1ccccc1Cc1nnc2n1CCCC2. The van der Waals surface area contributed by atoms with Crippen LogP contribution in [0.1, 0.15) is 35.6 Å². The van der Waals surface area contributed by atoms with E-state index in [9.17, 15) is 0 Å². The monoisotopic (exact) mass is 242 g/mol. The second kappa shape index (κ2) is 4.90. The van der Waals surface area contributed by atoms with Crippen LogP contribution >= 0.6 is 0 Å². The van der Waals surface area contributed by atoms with Crippen molar-refractivity contribution in [2.24, 2.45) is 5.73 Å². The zero-order valence-electron chi connectivity index (χ0n) is 10.5. The molecule has 4 heteroatoms. The van der Waals surface area contributed by atoms with Crippen molar-refractivity contribution in [2.75, 3.05) is 0 Å². The Morgan fingerprint density at radius 2 is 1.94 bits per heavy atom. The molecule has 0 fully saturated rings. The Balaban J connectivity index is 1.90. The van der Waals surface area contributed by atoms with Gasteiger partial charge < -0.3 is 10.3 Å². The number of benzene rings is 1. The molecule has 1 aromatic heterocycles. The van der Waals surface area contributed by atoms with Crippen LogP contribution in [0.5, 0.6) is 0 Å². The molecule has 2 heterocycles. The maximum absolute atomic E-state index is 5.77. The van der Waals surface area contributed by atoms with Gasteiger partial charge in [-0.25, -0.2) is 0 Å². The van der Waals surface area contributed by atoms with Crippen LogP contribution in [0.15, 0.2) is 24.3 Å². The lowest BCUT2D eigenvalue weighted by molar-refractivity contribution is 0.510. The Bertz CT molecular complexity index is 544. The summed E-state index contributed by atoms with van der Waals surface area (Å²) in [5.74, 6) is 2.21. The number of fused-ring (bicyclic) bond motifs is 1. The topological polar surface area (TPSA) is 56.7 Å². The molecule has 0 aliphatic carbocycles. The number of aromatic nitrogens is 3. The molecule has 0 unspecified atom stereocenters. The van der Waals surface area contributed by atoms with Crippen molar-refractivity contribution in [1.82, 2.24) is 14.8 Å². The highest BCUT2D eigenvalue weighted by Crippen LogP contribution is 2.18. The Labute approximate surface area is 107 Å². The molecule has 1 aliphatic rings. The number of aryl methyl sites for hydroxylation is 1. The van der Waals surface area contributed by atoms with Gasteiger partial charge in [0, 0.05) is 25.9 Å². The van der Waals surface area contributed by atoms with Gasteiger partial charge in [0.15, 0.2) is 0 Å². The third-order valence-electron chi connectivity index (χ3n) is 3.62. The number of rotatable bonds is 3. The van der Waals surface area contributed by atoms with Crippen LogP contribution in [0.4, 0.5) is 0 Å². The fourth-order valence-electron chi connectivity index (χ4n) is 2.60. The smallest absolute Gasteiger partial charge is 0.137 e. The fourth-order valence-corrected chi connectivity index (χ4v) is 2.60. The third kappa shape index (κ3) is 2.04. The van der Waals surface area contributed by atoms with Gasteiger partial charge in [-0.15, -0.1) is 10.2 Å². The van der Waals surface area contributed by atoms with E-state index in [2.05, 4.69) is 33.0 Å². The van der Waals surface area contributed by atoms with Crippen LogP contribution < -0.4 is 5.73 Å². The van der Waals surface area contributed by atoms with Crippen LogP contribution in [0.25, 0.3) is 0 Å². The predicted molar refractivity (Wildman–Crippen MR) is 70.1 cm³/mol. The molecule has 0 atom stereocenters. The van der Waals surface area contributed by atoms with Gasteiger partial charge in [-0.05, 0) is 24.0 Å². The highest BCUT2D eigenvalue weighted by molar-refractivity contribution is 5.29. The third-order valence-corrected chi connectivity index (χ3v) is 3.62. The number of hydrogen-bond donors (Lipinski definition) is 1. The van der Waals surface area contributed by atoms with Gasteiger partial charge in [0.05, 0.1) is 0 Å². The fraction of sp³-hybridized carbons (Fsp3) is 0.429. The molecule has 2 aromatic rings. The van der Waals surface area contributed by atoms with Gasteiger partial charge in [0.2, 0.25) is 0 Å². The predicted octanol–water partition coefficient (Wildman–Crippen LogP) is 1.66. The first-order chi connectivity index (χ1) is 8.88. The molecule has 0 spiro atoms. The summed E-state index contributed by atoms with van der Waals surface area (Å²) in [6, 6.07) is 8.31. The van der Waals surface area contributed by atoms with Crippen LogP contribution in [0, 0.1) is 0 Å². The second-order valence-electron chi connectivity index (χ2n) is 4.79. The summed E-state index contributed by atoms with van der Waals surface area (Å²) < 4.78 is 2.27. The molecule has 0 saturated heterocycles. The van der Waals surface area contributed by atoms with Crippen molar-refractivity contribution in [3.05, 3.63) is 47.0 Å². The van der Waals surface area contributed by atoms with E-state index >= 15 is 0 Å². The molecule has 0 radical (unpaired) electrons. The Morgan fingerprint density at radius 3 is 2.78 bits per heavy atom. The normalized spacial score (nSPS) is 14.5. The van der Waals surface area contributed by atoms with Crippen molar-refractivity contribution in [1.29, 1.82) is 0 Å². The van der Waals surface area contributed by atoms with E-state index in [1.54, 1.807) is 0 Å². The summed E-state index contributed by atoms with van der Waals surface area (Å²) in [6.45, 7) is 1.64. The van der Waals surface area contributed by atoms with Crippen LogP contribution in [-0.2, 0) is 25.9 Å². The first-order valence-electron chi connectivity index (χ1n) is 6.56. The minimum absolute atomic E-state index is 0.581. The summed E-state index contributed by atoms with van der Waals surface area (Å²) in [7, 11) is 0. The van der Waals surface area contributed by atoms with E-state index < -0.39 is 0 Å². The summed E-state index contributed by atoms with van der Waals surface area (Å²) in [5, 5.41) is 8.63. The largest absolute Gasteiger partial charge is 0.326 e. The zero-order chi connectivity index (χ0) is 12.4. The van der Waals surface area contributed by atoms with Crippen molar-refractivity contribution in [2.45, 2.75) is 38.8 Å². The van der Waals surface area contributed by atoms with Gasteiger partial charge >= 0.3 is 0 Å². The standard InChI is InChI=1S/C14H18N4/c15-10-12-6-2-1-5-11(12)9-14-17-16-13-7-3-4-8-18(13)14/h1-2,5-6H,3-4,7-10,15H2. The van der Waals surface area contributed by atoms with Gasteiger partial charge in [-0.1, -0.05) is 24.3 Å². The van der Waals surface area contributed by atoms with Gasteiger partial charge in [0.1, 0.15) is 11.6 Å². The van der Waals surface area contributed by atoms with E-state index in [-0.39, 0.29) is 0 Å². The molecular weight excluding hydrogens is 224 g/mol. The highest BCUT2D eigenvalue weighted by atomic mass is 15.3. The minimum Gasteiger partial charge on any atom is -0.326 e. The van der Waals surface area contributed by atoms with Crippen LogP contribution in [0.3, 0.4) is 0 Å². The first-order valence-corrected chi connectivity index (χ1v) is 6.56. The Kier molecular flexibility index (Phi) is 3.11. The van der Waals surface area contributed by atoms with E-state index in [1.807, 2.05) is 6.07 Å². The molecule has 4 nitrogen and oxygen atoms in total. The lowest BCUT2D eigenvalue weighted by Gasteiger charge is -2.15. The van der Waals surface area contributed by atoms with Gasteiger partial charge in [-0.3, -0.25) is 0 Å². The molecule has 1 aromatic carbocycles. The molecule has 0 bridgehead atoms. The summed E-state index contributed by atoms with van der Waals surface area (Å²) in [5.41, 5.74) is 8.24. The average Bonchev–Trinajstić information content (AvgIpc) is 2.83. The summed E-state index contributed by atoms with van der Waals surface area (Å²) in [4.78, 5) is 0. The molecule has 0 amide bonds. The Morgan fingerprint density at radius 1 is 1.11 bits per heavy atom. The van der Waals surface area contributed by atoms with Crippen LogP contribution in [0.2, 0.25) is 0 Å². The first kappa shape index (κ1) is 11.4. The zero-order valence-corrected chi connectivity index (χ0v) is 10.5. The van der Waals surface area contributed by atoms with Crippen LogP contribution in [-0.4, -0.2) is 14.8 Å². The Hall–Kier alpha value is -1.68. The van der Waals surface area contributed by atoms with Crippen molar-refractivity contribution >= 4 is 0 Å². The van der Waals surface area contributed by atoms with Crippen molar-refractivity contribution in [3.8, 4) is 0 Å². The quantitative estimate of drug-likeness (QED) is 0.890. The van der Waals surface area contributed by atoms with Crippen molar-refractivity contribution in [3.63, 3.8) is 0 Å². The number of nitrogens with two attached hydrogens (primary N) is 1. The maximum atomic E-state index is 5.77. The lowest BCUT2D eigenvalue weighted by Crippen LogP contribution is -2.14. The molecule has 0 saturated carbocycles. The molecule has 2 N–H and O–H groups in total. The summed E-state index contributed by atoms with van der Waals surface area (Å²) >= 11 is 0. The highest BCUT2D eigenvalue weighted by Gasteiger charge is 2.16. The average molecular weight is 242 g/mol. The lowest BCUT2D eigenvalue weighted by atomic mass is 10.0. The summed E-state index contributed by atoms with van der Waals surface area (Å²) in [6.07, 6.45) is 4.36. The number of hydrogen-bond acceptors (Lipinski definition) is 3. The van der Waals surface area contributed by atoms with E-state index in [0.29, 0.717) is 6.54 Å². The number of nitrogens with zero attached hydrogens (tertiary/aromatic N) is 3. The molecule has 94 valence electrons. The van der Waals surface area contributed by atoms with E-state index in [4.69, 9.17) is 5.73 Å². The molecule has 1 aliphatic heterocycles. The van der Waals surface area contributed by atoms with Gasteiger partial charge in [-0.2, -0.15) is 0 Å². The second-order valence-corrected chi connectivity index (χ2v) is 4.79. The maximum Gasteiger partial charge on any atom is 0.137 e. The van der Waals surface area contributed by atoms with E-state index in [0.717, 1.165) is 31.0 Å². The molecule has 18 heavy (non-hydrogen) atoms. The van der Waals surface area contributed by atoms with Gasteiger partial charge in [0.25, 0.3) is 0 Å². The molecular formula is C14H18N4. The van der Waals surface area contributed by atoms with Crippen molar-refractivity contribution < 1.29 is 0 Å².